The van der Waals surface area contributed by atoms with Crippen molar-refractivity contribution in [2.24, 2.45) is 5.92 Å². The SMILES string of the molecule is CC1CCCC1NS(=O)(=O)c1cccnc1Cl. The highest BCUT2D eigenvalue weighted by Crippen LogP contribution is 2.27. The van der Waals surface area contributed by atoms with E-state index in [9.17, 15) is 8.42 Å². The number of nitrogens with one attached hydrogen (secondary N) is 1. The van der Waals surface area contributed by atoms with Gasteiger partial charge in [0.15, 0.2) is 0 Å². The van der Waals surface area contributed by atoms with Gasteiger partial charge in [-0.2, -0.15) is 0 Å². The van der Waals surface area contributed by atoms with E-state index in [2.05, 4.69) is 16.6 Å². The summed E-state index contributed by atoms with van der Waals surface area (Å²) in [4.78, 5) is 3.84. The summed E-state index contributed by atoms with van der Waals surface area (Å²) in [7, 11) is -3.55. The Labute approximate surface area is 106 Å². The van der Waals surface area contributed by atoms with Gasteiger partial charge in [-0.1, -0.05) is 24.9 Å². The van der Waals surface area contributed by atoms with Crippen LogP contribution in [0.15, 0.2) is 23.2 Å². The standard InChI is InChI=1S/C11H15ClN2O2S/c1-8-4-2-5-9(8)14-17(15,16)10-6-3-7-13-11(10)12/h3,6-9,14H,2,4-5H2,1H3. The molecule has 1 aliphatic rings. The van der Waals surface area contributed by atoms with E-state index < -0.39 is 10.0 Å². The molecule has 1 fully saturated rings. The number of nitrogens with zero attached hydrogens (tertiary/aromatic N) is 1. The molecule has 0 spiro atoms. The van der Waals surface area contributed by atoms with E-state index in [1.165, 1.54) is 12.3 Å². The Balaban J connectivity index is 2.22. The normalized spacial score (nSPS) is 25.1. The van der Waals surface area contributed by atoms with Gasteiger partial charge in [-0.3, -0.25) is 0 Å². The molecule has 94 valence electrons. The number of halogens is 1. The molecule has 1 saturated carbocycles. The Morgan fingerprint density at radius 1 is 1.47 bits per heavy atom. The summed E-state index contributed by atoms with van der Waals surface area (Å²) in [6.07, 6.45) is 4.49. The highest BCUT2D eigenvalue weighted by Gasteiger charge is 2.29. The van der Waals surface area contributed by atoms with Gasteiger partial charge >= 0.3 is 0 Å². The number of hydrogen-bond donors (Lipinski definition) is 1. The Morgan fingerprint density at radius 2 is 2.24 bits per heavy atom. The van der Waals surface area contributed by atoms with Gasteiger partial charge in [0.25, 0.3) is 0 Å². The predicted octanol–water partition coefficient (Wildman–Crippen LogP) is 2.20. The Hall–Kier alpha value is -0.650. The van der Waals surface area contributed by atoms with Crippen molar-refractivity contribution in [2.45, 2.75) is 37.1 Å². The summed E-state index contributed by atoms with van der Waals surface area (Å²) in [5.74, 6) is 0.375. The van der Waals surface area contributed by atoms with Crippen LogP contribution in [-0.4, -0.2) is 19.4 Å². The van der Waals surface area contributed by atoms with E-state index in [1.807, 2.05) is 0 Å². The molecule has 4 nitrogen and oxygen atoms in total. The molecule has 6 heteroatoms. The third-order valence-corrected chi connectivity index (χ3v) is 5.12. The number of hydrogen-bond acceptors (Lipinski definition) is 3. The van der Waals surface area contributed by atoms with Crippen molar-refractivity contribution >= 4 is 21.6 Å². The maximum Gasteiger partial charge on any atom is 0.243 e. The summed E-state index contributed by atoms with van der Waals surface area (Å²) >= 11 is 5.80. The molecular weight excluding hydrogens is 260 g/mol. The maximum absolute atomic E-state index is 12.1. The van der Waals surface area contributed by atoms with Gasteiger partial charge in [0, 0.05) is 12.2 Å². The van der Waals surface area contributed by atoms with Crippen molar-refractivity contribution in [1.82, 2.24) is 9.71 Å². The van der Waals surface area contributed by atoms with E-state index >= 15 is 0 Å². The van der Waals surface area contributed by atoms with Gasteiger partial charge in [-0.05, 0) is 30.9 Å². The van der Waals surface area contributed by atoms with E-state index in [0.29, 0.717) is 5.92 Å². The molecule has 0 aromatic carbocycles. The Morgan fingerprint density at radius 3 is 2.82 bits per heavy atom. The van der Waals surface area contributed by atoms with E-state index in [-0.39, 0.29) is 16.1 Å². The van der Waals surface area contributed by atoms with Crippen molar-refractivity contribution in [1.29, 1.82) is 0 Å². The lowest BCUT2D eigenvalue weighted by Crippen LogP contribution is -2.36. The van der Waals surface area contributed by atoms with Crippen LogP contribution < -0.4 is 4.72 Å². The fourth-order valence-electron chi connectivity index (χ4n) is 2.16. The first-order chi connectivity index (χ1) is 8.00. The first kappa shape index (κ1) is 12.8. The molecule has 2 unspecified atom stereocenters. The molecule has 0 radical (unpaired) electrons. The van der Waals surface area contributed by atoms with Gasteiger partial charge in [0.1, 0.15) is 10.0 Å². The molecule has 2 rings (SSSR count). The fourth-order valence-corrected chi connectivity index (χ4v) is 3.99. The van der Waals surface area contributed by atoms with Crippen molar-refractivity contribution < 1.29 is 8.42 Å². The largest absolute Gasteiger partial charge is 0.243 e. The second kappa shape index (κ2) is 4.92. The summed E-state index contributed by atoms with van der Waals surface area (Å²) in [6, 6.07) is 3.05. The molecule has 17 heavy (non-hydrogen) atoms. The summed E-state index contributed by atoms with van der Waals surface area (Å²) in [6.45, 7) is 2.06. The van der Waals surface area contributed by atoms with Gasteiger partial charge in [-0.25, -0.2) is 18.1 Å². The van der Waals surface area contributed by atoms with E-state index in [1.54, 1.807) is 6.07 Å². The fraction of sp³-hybridized carbons (Fsp3) is 0.545. The third-order valence-electron chi connectivity index (χ3n) is 3.18. The van der Waals surface area contributed by atoms with Crippen LogP contribution in [0.4, 0.5) is 0 Å². The van der Waals surface area contributed by atoms with Crippen LogP contribution in [0.25, 0.3) is 0 Å². The van der Waals surface area contributed by atoms with Crippen molar-refractivity contribution in [2.75, 3.05) is 0 Å². The van der Waals surface area contributed by atoms with Crippen LogP contribution in [-0.2, 0) is 10.0 Å². The maximum atomic E-state index is 12.1. The lowest BCUT2D eigenvalue weighted by molar-refractivity contribution is 0.476. The lowest BCUT2D eigenvalue weighted by atomic mass is 10.1. The van der Waals surface area contributed by atoms with Crippen LogP contribution in [0, 0.1) is 5.92 Å². The Bertz CT molecular complexity index is 504. The second-order valence-electron chi connectivity index (χ2n) is 4.43. The van der Waals surface area contributed by atoms with Crippen LogP contribution in [0.5, 0.6) is 0 Å². The molecule has 1 aromatic heterocycles. The lowest BCUT2D eigenvalue weighted by Gasteiger charge is -2.17. The smallest absolute Gasteiger partial charge is 0.243 e. The molecule has 1 aliphatic carbocycles. The average molecular weight is 275 g/mol. The average Bonchev–Trinajstić information content (AvgIpc) is 2.64. The zero-order valence-corrected chi connectivity index (χ0v) is 11.1. The van der Waals surface area contributed by atoms with Gasteiger partial charge in [0.05, 0.1) is 0 Å². The molecule has 0 saturated heterocycles. The van der Waals surface area contributed by atoms with Gasteiger partial charge < -0.3 is 0 Å². The zero-order valence-electron chi connectivity index (χ0n) is 9.56. The van der Waals surface area contributed by atoms with Crippen LogP contribution in [0.2, 0.25) is 5.15 Å². The molecule has 0 bridgehead atoms. The molecule has 1 N–H and O–H groups in total. The number of pyridine rings is 1. The van der Waals surface area contributed by atoms with E-state index in [0.717, 1.165) is 19.3 Å². The topological polar surface area (TPSA) is 59.1 Å². The molecule has 2 atom stereocenters. The zero-order chi connectivity index (χ0) is 12.5. The quantitative estimate of drug-likeness (QED) is 0.860. The monoisotopic (exact) mass is 274 g/mol. The summed E-state index contributed by atoms with van der Waals surface area (Å²) in [5.41, 5.74) is 0. The summed E-state index contributed by atoms with van der Waals surface area (Å²) < 4.78 is 26.9. The number of rotatable bonds is 3. The van der Waals surface area contributed by atoms with Crippen molar-refractivity contribution in [3.63, 3.8) is 0 Å². The minimum atomic E-state index is -3.55. The second-order valence-corrected chi connectivity index (χ2v) is 6.47. The van der Waals surface area contributed by atoms with Gasteiger partial charge in [0.2, 0.25) is 10.0 Å². The van der Waals surface area contributed by atoms with Crippen molar-refractivity contribution in [3.8, 4) is 0 Å². The highest BCUT2D eigenvalue weighted by molar-refractivity contribution is 7.89. The minimum absolute atomic E-state index is 0.0104. The summed E-state index contributed by atoms with van der Waals surface area (Å²) in [5, 5.41) is 0.0191. The molecule has 0 amide bonds. The molecule has 1 aromatic rings. The third kappa shape index (κ3) is 2.78. The molecule has 0 aliphatic heterocycles. The molecular formula is C11H15ClN2O2S. The first-order valence-electron chi connectivity index (χ1n) is 5.63. The van der Waals surface area contributed by atoms with Crippen LogP contribution in [0.3, 0.4) is 0 Å². The predicted molar refractivity (Wildman–Crippen MR) is 66.4 cm³/mol. The number of aromatic nitrogens is 1. The number of sulfonamides is 1. The Kier molecular flexibility index (Phi) is 3.70. The van der Waals surface area contributed by atoms with E-state index in [4.69, 9.17) is 11.6 Å². The van der Waals surface area contributed by atoms with Crippen LogP contribution in [0.1, 0.15) is 26.2 Å². The first-order valence-corrected chi connectivity index (χ1v) is 7.49. The minimum Gasteiger partial charge on any atom is -0.243 e. The van der Waals surface area contributed by atoms with Gasteiger partial charge in [-0.15, -0.1) is 0 Å². The highest BCUT2D eigenvalue weighted by atomic mass is 35.5. The molecule has 1 heterocycles. The van der Waals surface area contributed by atoms with Crippen LogP contribution >= 0.6 is 11.6 Å². The van der Waals surface area contributed by atoms with Crippen molar-refractivity contribution in [3.05, 3.63) is 23.5 Å².